The van der Waals surface area contributed by atoms with Crippen LogP contribution in [0.1, 0.15) is 19.0 Å². The zero-order valence-electron chi connectivity index (χ0n) is 14.3. The van der Waals surface area contributed by atoms with Crippen molar-refractivity contribution >= 4 is 27.5 Å². The Kier molecular flexibility index (Phi) is 5.81. The SMILES string of the molecule is CC1=CNC(=NCCCn2cccn2)N/C1=C(/C#N)c1cccc(Br)n1. The van der Waals surface area contributed by atoms with Gasteiger partial charge in [-0.25, -0.2) is 4.98 Å². The maximum absolute atomic E-state index is 9.65. The van der Waals surface area contributed by atoms with Gasteiger partial charge in [-0.3, -0.25) is 9.67 Å². The minimum Gasteiger partial charge on any atom is -0.332 e. The standard InChI is InChI=1S/C18H18BrN7/c1-13-12-22-18(21-7-3-9-26-10-4-8-23-26)25-17(13)14(11-20)15-5-2-6-16(19)24-15/h2,4-6,8,10,12H,3,7,9H2,1H3,(H2,21,22,25)/b17-14-. The number of allylic oxidation sites excluding steroid dienone is 2. The third-order valence-corrected chi connectivity index (χ3v) is 4.21. The van der Waals surface area contributed by atoms with Gasteiger partial charge in [-0.05, 0) is 53.0 Å². The van der Waals surface area contributed by atoms with E-state index in [0.29, 0.717) is 34.1 Å². The molecule has 0 amide bonds. The van der Waals surface area contributed by atoms with Crippen LogP contribution in [-0.4, -0.2) is 27.3 Å². The molecule has 0 bridgehead atoms. The molecule has 132 valence electrons. The fourth-order valence-electron chi connectivity index (χ4n) is 2.49. The van der Waals surface area contributed by atoms with E-state index in [0.717, 1.165) is 18.5 Å². The average molecular weight is 412 g/mol. The molecule has 0 aromatic carbocycles. The molecule has 1 aliphatic heterocycles. The normalized spacial score (nSPS) is 17.1. The molecule has 3 heterocycles. The van der Waals surface area contributed by atoms with Crippen LogP contribution in [-0.2, 0) is 6.54 Å². The van der Waals surface area contributed by atoms with E-state index >= 15 is 0 Å². The summed E-state index contributed by atoms with van der Waals surface area (Å²) >= 11 is 3.35. The number of aromatic nitrogens is 3. The van der Waals surface area contributed by atoms with Gasteiger partial charge in [0.25, 0.3) is 0 Å². The predicted octanol–water partition coefficient (Wildman–Crippen LogP) is 2.82. The number of nitrogens with one attached hydrogen (secondary N) is 2. The van der Waals surface area contributed by atoms with Crippen molar-refractivity contribution in [2.45, 2.75) is 19.9 Å². The number of pyridine rings is 1. The molecule has 8 heteroatoms. The van der Waals surface area contributed by atoms with Crippen LogP contribution in [0.2, 0.25) is 0 Å². The lowest BCUT2D eigenvalue weighted by molar-refractivity contribution is 0.584. The number of guanidine groups is 1. The van der Waals surface area contributed by atoms with Crippen molar-refractivity contribution in [3.63, 3.8) is 0 Å². The van der Waals surface area contributed by atoms with E-state index in [1.165, 1.54) is 0 Å². The van der Waals surface area contributed by atoms with Crippen LogP contribution in [0.4, 0.5) is 0 Å². The van der Waals surface area contributed by atoms with Crippen molar-refractivity contribution < 1.29 is 0 Å². The molecule has 0 unspecified atom stereocenters. The van der Waals surface area contributed by atoms with Crippen molar-refractivity contribution in [3.8, 4) is 6.07 Å². The van der Waals surface area contributed by atoms with Crippen LogP contribution in [0.25, 0.3) is 5.57 Å². The van der Waals surface area contributed by atoms with Crippen LogP contribution >= 0.6 is 15.9 Å². The van der Waals surface area contributed by atoms with E-state index in [1.807, 2.05) is 48.3 Å². The van der Waals surface area contributed by atoms with Gasteiger partial charge in [0.2, 0.25) is 0 Å². The first-order valence-electron chi connectivity index (χ1n) is 8.17. The quantitative estimate of drug-likeness (QED) is 0.448. The summed E-state index contributed by atoms with van der Waals surface area (Å²) in [5.41, 5.74) is 2.71. The third-order valence-electron chi connectivity index (χ3n) is 3.77. The Hall–Kier alpha value is -2.92. The number of rotatable bonds is 5. The maximum atomic E-state index is 9.65. The fraction of sp³-hybridized carbons (Fsp3) is 0.222. The molecule has 1 aliphatic rings. The lowest BCUT2D eigenvalue weighted by atomic mass is 10.1. The van der Waals surface area contributed by atoms with Crippen molar-refractivity contribution in [1.29, 1.82) is 5.26 Å². The second kappa shape index (κ2) is 8.45. The van der Waals surface area contributed by atoms with Gasteiger partial charge < -0.3 is 10.6 Å². The number of hydrogen-bond acceptors (Lipinski definition) is 4. The monoisotopic (exact) mass is 411 g/mol. The Morgan fingerprint density at radius 2 is 2.27 bits per heavy atom. The second-order valence-corrected chi connectivity index (χ2v) is 6.47. The molecule has 2 aromatic rings. The summed E-state index contributed by atoms with van der Waals surface area (Å²) in [6.07, 6.45) is 6.41. The van der Waals surface area contributed by atoms with Crippen LogP contribution in [0, 0.1) is 11.3 Å². The number of halogens is 1. The minimum atomic E-state index is 0.478. The number of hydrogen-bond donors (Lipinski definition) is 2. The molecule has 0 spiro atoms. The second-order valence-electron chi connectivity index (χ2n) is 5.66. The molecule has 0 atom stereocenters. The number of aliphatic imine (C=N–C) groups is 1. The average Bonchev–Trinajstić information content (AvgIpc) is 3.15. The lowest BCUT2D eigenvalue weighted by Gasteiger charge is -2.21. The Labute approximate surface area is 160 Å². The zero-order chi connectivity index (χ0) is 18.4. The van der Waals surface area contributed by atoms with E-state index in [9.17, 15) is 5.26 Å². The summed E-state index contributed by atoms with van der Waals surface area (Å²) in [6, 6.07) is 9.65. The number of nitriles is 1. The summed E-state index contributed by atoms with van der Waals surface area (Å²) in [7, 11) is 0. The highest BCUT2D eigenvalue weighted by Gasteiger charge is 2.17. The molecule has 0 radical (unpaired) electrons. The zero-order valence-corrected chi connectivity index (χ0v) is 15.9. The van der Waals surface area contributed by atoms with Gasteiger partial charge in [0, 0.05) is 31.7 Å². The summed E-state index contributed by atoms with van der Waals surface area (Å²) in [5, 5.41) is 20.1. The Morgan fingerprint density at radius 1 is 1.38 bits per heavy atom. The largest absolute Gasteiger partial charge is 0.332 e. The molecule has 0 fully saturated rings. The van der Waals surface area contributed by atoms with E-state index in [-0.39, 0.29) is 0 Å². The molecule has 2 aromatic heterocycles. The van der Waals surface area contributed by atoms with Gasteiger partial charge in [-0.1, -0.05) is 6.07 Å². The number of aryl methyl sites for hydroxylation is 1. The van der Waals surface area contributed by atoms with Gasteiger partial charge in [0.05, 0.1) is 11.4 Å². The van der Waals surface area contributed by atoms with Crippen molar-refractivity contribution in [2.75, 3.05) is 6.54 Å². The Balaban J connectivity index is 1.75. The Bertz CT molecular complexity index is 904. The molecule has 0 saturated carbocycles. The van der Waals surface area contributed by atoms with Crippen LogP contribution in [0.15, 0.2) is 63.7 Å². The van der Waals surface area contributed by atoms with Crippen LogP contribution in [0.5, 0.6) is 0 Å². The molecule has 2 N–H and O–H groups in total. The van der Waals surface area contributed by atoms with Gasteiger partial charge >= 0.3 is 0 Å². The summed E-state index contributed by atoms with van der Waals surface area (Å²) in [5.74, 6) is 0.619. The van der Waals surface area contributed by atoms with Gasteiger partial charge in [-0.15, -0.1) is 0 Å². The molecular formula is C18H18BrN7. The fourth-order valence-corrected chi connectivity index (χ4v) is 2.84. The summed E-state index contributed by atoms with van der Waals surface area (Å²) in [6.45, 7) is 3.39. The third kappa shape index (κ3) is 4.37. The molecule has 0 aliphatic carbocycles. The van der Waals surface area contributed by atoms with Crippen LogP contribution < -0.4 is 10.6 Å². The summed E-state index contributed by atoms with van der Waals surface area (Å²) in [4.78, 5) is 8.91. The molecule has 7 nitrogen and oxygen atoms in total. The van der Waals surface area contributed by atoms with Crippen molar-refractivity contribution in [3.05, 3.63) is 64.4 Å². The topological polar surface area (TPSA) is 90.9 Å². The first-order chi connectivity index (χ1) is 12.7. The van der Waals surface area contributed by atoms with E-state index in [1.54, 1.807) is 6.20 Å². The van der Waals surface area contributed by atoms with Gasteiger partial charge in [0.15, 0.2) is 5.96 Å². The summed E-state index contributed by atoms with van der Waals surface area (Å²) < 4.78 is 2.57. The Morgan fingerprint density at radius 3 is 3.00 bits per heavy atom. The van der Waals surface area contributed by atoms with E-state index in [4.69, 9.17) is 0 Å². The maximum Gasteiger partial charge on any atom is 0.199 e. The molecule has 0 saturated heterocycles. The van der Waals surface area contributed by atoms with Crippen LogP contribution in [0.3, 0.4) is 0 Å². The molecule has 3 rings (SSSR count). The van der Waals surface area contributed by atoms with E-state index in [2.05, 4.69) is 47.7 Å². The van der Waals surface area contributed by atoms with Crippen molar-refractivity contribution in [1.82, 2.24) is 25.4 Å². The highest BCUT2D eigenvalue weighted by molar-refractivity contribution is 9.10. The first-order valence-corrected chi connectivity index (χ1v) is 8.96. The van der Waals surface area contributed by atoms with Gasteiger partial charge in [-0.2, -0.15) is 10.4 Å². The van der Waals surface area contributed by atoms with Crippen molar-refractivity contribution in [2.24, 2.45) is 4.99 Å². The molecule has 26 heavy (non-hydrogen) atoms. The highest BCUT2D eigenvalue weighted by Crippen LogP contribution is 2.22. The smallest absolute Gasteiger partial charge is 0.199 e. The highest BCUT2D eigenvalue weighted by atomic mass is 79.9. The number of nitrogens with zero attached hydrogens (tertiary/aromatic N) is 5. The minimum absolute atomic E-state index is 0.478. The van der Waals surface area contributed by atoms with E-state index < -0.39 is 0 Å². The predicted molar refractivity (Wildman–Crippen MR) is 104 cm³/mol. The van der Waals surface area contributed by atoms with Gasteiger partial charge in [0.1, 0.15) is 16.2 Å². The lowest BCUT2D eigenvalue weighted by Crippen LogP contribution is -2.39. The first kappa shape index (κ1) is 17.9. The molecular weight excluding hydrogens is 394 g/mol.